The Hall–Kier alpha value is -3.97. The summed E-state index contributed by atoms with van der Waals surface area (Å²) in [5.41, 5.74) is 1.26. The fraction of sp³-hybridized carbons (Fsp3) is 0.190. The molecule has 18 heteroatoms. The van der Waals surface area contributed by atoms with Crippen LogP contribution in [0.15, 0.2) is 65.1 Å². The zero-order chi connectivity index (χ0) is 28.2. The van der Waals surface area contributed by atoms with Gasteiger partial charge in [0.25, 0.3) is 10.2 Å². The molecule has 0 aliphatic heterocycles. The van der Waals surface area contributed by atoms with Crippen LogP contribution in [0.25, 0.3) is 5.69 Å². The molecule has 0 radical (unpaired) electrons. The minimum absolute atomic E-state index is 0.00823. The van der Waals surface area contributed by atoms with Crippen LogP contribution in [0.4, 0.5) is 10.5 Å². The van der Waals surface area contributed by atoms with Crippen LogP contribution < -0.4 is 10.0 Å². The Bertz CT molecular complexity index is 1670. The summed E-state index contributed by atoms with van der Waals surface area (Å²) in [4.78, 5) is 15.7. The molecule has 4 rings (SSSR count). The molecule has 0 spiro atoms. The monoisotopic (exact) mass is 595 g/mol. The molecule has 2 atom stereocenters. The Morgan fingerprint density at radius 2 is 1.77 bits per heavy atom. The van der Waals surface area contributed by atoms with Crippen LogP contribution in [0.5, 0.6) is 0 Å². The molecule has 2 heterocycles. The predicted molar refractivity (Wildman–Crippen MR) is 137 cm³/mol. The van der Waals surface area contributed by atoms with Gasteiger partial charge in [-0.3, -0.25) is 9.27 Å². The molecule has 0 saturated heterocycles. The van der Waals surface area contributed by atoms with E-state index in [1.165, 1.54) is 29.6 Å². The van der Waals surface area contributed by atoms with Crippen LogP contribution in [0.1, 0.15) is 22.3 Å². The lowest BCUT2D eigenvalue weighted by Crippen LogP contribution is -2.28. The SMILES string of the molecule is O=C(O)N[C@@H](Cc1ccc(NS(=O)(=O)O)cc1)c1nc(CCS(=O)(=O)c2nnnn2-c2ccccc2)c[s+]1[O-]. The highest BCUT2D eigenvalue weighted by molar-refractivity contribution is 7.91. The molecule has 0 aliphatic rings. The van der Waals surface area contributed by atoms with Crippen molar-refractivity contribution >= 4 is 42.7 Å². The first kappa shape index (κ1) is 28.0. The van der Waals surface area contributed by atoms with Gasteiger partial charge in [-0.15, -0.1) is 0 Å². The number of nitrogens with zero attached hydrogens (tertiary/aromatic N) is 5. The van der Waals surface area contributed by atoms with E-state index in [-0.39, 0.29) is 34.4 Å². The number of carboxylic acid groups (broad SMARTS) is 1. The third-order valence-corrected chi connectivity index (χ3v) is 8.61. The number of carbonyl (C=O) groups is 1. The number of para-hydroxylation sites is 1. The number of amides is 1. The van der Waals surface area contributed by atoms with Gasteiger partial charge in [0, 0.05) is 12.8 Å². The molecule has 206 valence electrons. The van der Waals surface area contributed by atoms with E-state index in [2.05, 4.69) is 25.8 Å². The first-order valence-electron chi connectivity index (χ1n) is 11.0. The molecule has 15 nitrogen and oxygen atoms in total. The average molecular weight is 596 g/mol. The summed E-state index contributed by atoms with van der Waals surface area (Å²) in [5.74, 6) is -0.445. The molecular weight excluding hydrogens is 574 g/mol. The highest BCUT2D eigenvalue weighted by Crippen LogP contribution is 2.30. The van der Waals surface area contributed by atoms with Crippen LogP contribution in [-0.2, 0) is 33.0 Å². The molecule has 4 aromatic rings. The lowest BCUT2D eigenvalue weighted by Gasteiger charge is -2.14. The van der Waals surface area contributed by atoms with E-state index in [9.17, 15) is 31.3 Å². The predicted octanol–water partition coefficient (Wildman–Crippen LogP) is 1.57. The molecule has 1 amide bonds. The lowest BCUT2D eigenvalue weighted by molar-refractivity contribution is 0.189. The third-order valence-electron chi connectivity index (χ3n) is 5.29. The maximum atomic E-state index is 13.0. The number of tetrazole rings is 1. The Morgan fingerprint density at radius 3 is 2.41 bits per heavy atom. The van der Waals surface area contributed by atoms with Crippen LogP contribution in [0.3, 0.4) is 0 Å². The standard InChI is InChI=1S/C21H21N7O8S3/c29-21(30)23-18(12-14-6-8-15(9-7-14)25-39(34,35)36)19-22-16(13-37(19)31)10-11-38(32,33)20-24-26-27-28(20)17-4-2-1-3-5-17/h1-9,13,18,23,25H,10-12H2,(H,29,30)(H,34,35,36)/t18-,37?/m0/s1. The number of benzene rings is 2. The van der Waals surface area contributed by atoms with E-state index in [1.54, 1.807) is 30.3 Å². The zero-order valence-electron chi connectivity index (χ0n) is 19.8. The van der Waals surface area contributed by atoms with E-state index < -0.39 is 48.8 Å². The van der Waals surface area contributed by atoms with Crippen molar-refractivity contribution in [2.24, 2.45) is 0 Å². The van der Waals surface area contributed by atoms with Crippen molar-refractivity contribution in [3.8, 4) is 5.69 Å². The Balaban J connectivity index is 1.50. The summed E-state index contributed by atoms with van der Waals surface area (Å²) in [7, 11) is -10.3. The van der Waals surface area contributed by atoms with Gasteiger partial charge in [0.15, 0.2) is 5.38 Å². The van der Waals surface area contributed by atoms with Crippen molar-refractivity contribution in [2.75, 3.05) is 10.5 Å². The van der Waals surface area contributed by atoms with Gasteiger partial charge in [-0.05, 0) is 51.0 Å². The maximum absolute atomic E-state index is 13.0. The largest absolute Gasteiger partial charge is 0.589 e. The van der Waals surface area contributed by atoms with Gasteiger partial charge in [-0.2, -0.15) is 18.1 Å². The number of rotatable bonds is 11. The summed E-state index contributed by atoms with van der Waals surface area (Å²) in [6.07, 6.45) is -1.52. The van der Waals surface area contributed by atoms with Crippen molar-refractivity contribution in [1.29, 1.82) is 0 Å². The molecule has 2 aromatic carbocycles. The second kappa shape index (κ2) is 11.4. The van der Waals surface area contributed by atoms with E-state index >= 15 is 0 Å². The van der Waals surface area contributed by atoms with Gasteiger partial charge in [0.1, 0.15) is 6.04 Å². The molecule has 2 aromatic heterocycles. The fourth-order valence-electron chi connectivity index (χ4n) is 3.61. The molecule has 0 saturated carbocycles. The van der Waals surface area contributed by atoms with Crippen molar-refractivity contribution in [1.82, 2.24) is 30.5 Å². The van der Waals surface area contributed by atoms with E-state index in [4.69, 9.17) is 4.55 Å². The maximum Gasteiger partial charge on any atom is 0.405 e. The summed E-state index contributed by atoms with van der Waals surface area (Å²) < 4.78 is 72.5. The molecule has 0 fully saturated rings. The van der Waals surface area contributed by atoms with Gasteiger partial charge >= 0.3 is 16.4 Å². The van der Waals surface area contributed by atoms with Gasteiger partial charge in [0.2, 0.25) is 9.84 Å². The Labute approximate surface area is 225 Å². The van der Waals surface area contributed by atoms with Gasteiger partial charge < -0.3 is 15.0 Å². The second-order valence-electron chi connectivity index (χ2n) is 8.11. The van der Waals surface area contributed by atoms with Crippen molar-refractivity contribution in [2.45, 2.75) is 24.0 Å². The number of aryl methyl sites for hydroxylation is 1. The summed E-state index contributed by atoms with van der Waals surface area (Å²) in [6, 6.07) is 13.1. The number of anilines is 1. The smallest absolute Gasteiger partial charge is 0.405 e. The normalized spacial score (nSPS) is 13.1. The number of hydrogen-bond donors (Lipinski definition) is 4. The number of thiazole rings is 1. The molecule has 0 aliphatic carbocycles. The van der Waals surface area contributed by atoms with Crippen LogP contribution in [-0.4, -0.2) is 68.1 Å². The average Bonchev–Trinajstić information content (AvgIpc) is 3.51. The van der Waals surface area contributed by atoms with Crippen LogP contribution in [0, 0.1) is 0 Å². The van der Waals surface area contributed by atoms with Crippen molar-refractivity contribution in [3.63, 3.8) is 0 Å². The van der Waals surface area contributed by atoms with Gasteiger partial charge in [0.05, 0.1) is 22.8 Å². The Kier molecular flexibility index (Phi) is 8.21. The Morgan fingerprint density at radius 1 is 1.08 bits per heavy atom. The quantitative estimate of drug-likeness (QED) is 0.143. The summed E-state index contributed by atoms with van der Waals surface area (Å²) in [6.45, 7) is 0. The lowest BCUT2D eigenvalue weighted by atomic mass is 10.1. The number of hydrogen-bond acceptors (Lipinski definition) is 10. The van der Waals surface area contributed by atoms with Gasteiger partial charge in [-0.1, -0.05) is 35.4 Å². The zero-order valence-corrected chi connectivity index (χ0v) is 22.2. The minimum atomic E-state index is -4.46. The third kappa shape index (κ3) is 7.33. The first-order valence-corrected chi connectivity index (χ1v) is 15.3. The summed E-state index contributed by atoms with van der Waals surface area (Å²) in [5, 5.41) is 23.3. The van der Waals surface area contributed by atoms with Crippen molar-refractivity contribution < 1.29 is 35.8 Å². The number of nitrogens with one attached hydrogen (secondary N) is 2. The molecule has 1 unspecified atom stereocenters. The molecular formula is C21H21N7O8S3. The van der Waals surface area contributed by atoms with E-state index in [1.807, 2.05) is 4.72 Å². The summed E-state index contributed by atoms with van der Waals surface area (Å²) >= 11 is 0. The van der Waals surface area contributed by atoms with Crippen LogP contribution in [0.2, 0.25) is 0 Å². The highest BCUT2D eigenvalue weighted by atomic mass is 32.2. The first-order chi connectivity index (χ1) is 18.4. The highest BCUT2D eigenvalue weighted by Gasteiger charge is 2.28. The van der Waals surface area contributed by atoms with E-state index in [0.717, 1.165) is 4.68 Å². The minimum Gasteiger partial charge on any atom is -0.589 e. The number of aromatic nitrogens is 5. The fourth-order valence-corrected chi connectivity index (χ4v) is 6.44. The van der Waals surface area contributed by atoms with Crippen LogP contribution >= 0.6 is 10.8 Å². The van der Waals surface area contributed by atoms with E-state index in [0.29, 0.717) is 11.3 Å². The number of sulfone groups is 1. The molecule has 0 bridgehead atoms. The second-order valence-corrected chi connectivity index (χ2v) is 12.5. The van der Waals surface area contributed by atoms with Crippen molar-refractivity contribution in [3.05, 3.63) is 76.2 Å². The topological polar surface area (TPSA) is 229 Å². The van der Waals surface area contributed by atoms with Gasteiger partial charge in [-0.25, -0.2) is 13.2 Å². The molecule has 39 heavy (non-hydrogen) atoms. The molecule has 4 N–H and O–H groups in total.